The van der Waals surface area contributed by atoms with E-state index in [1.54, 1.807) is 0 Å². The van der Waals surface area contributed by atoms with Crippen LogP contribution in [0.5, 0.6) is 0 Å². The third kappa shape index (κ3) is 2.84. The van der Waals surface area contributed by atoms with Gasteiger partial charge in [-0.2, -0.15) is 10.5 Å². The molecule has 1 fully saturated rings. The third-order valence-electron chi connectivity index (χ3n) is 3.27. The predicted octanol–water partition coefficient (Wildman–Crippen LogP) is 2.31. The zero-order chi connectivity index (χ0) is 12.1. The van der Waals surface area contributed by atoms with E-state index in [2.05, 4.69) is 29.2 Å². The summed E-state index contributed by atoms with van der Waals surface area (Å²) >= 11 is 0. The highest BCUT2D eigenvalue weighted by Crippen LogP contribution is 2.23. The Balaban J connectivity index is 2.02. The van der Waals surface area contributed by atoms with Gasteiger partial charge in [0, 0.05) is 13.1 Å². The molecule has 0 amide bonds. The van der Waals surface area contributed by atoms with Gasteiger partial charge in [-0.15, -0.1) is 0 Å². The van der Waals surface area contributed by atoms with E-state index in [1.807, 2.05) is 18.2 Å². The monoisotopic (exact) mass is 225 g/mol. The maximum Gasteiger partial charge on any atom is 0.0993 e. The number of piperidine rings is 1. The van der Waals surface area contributed by atoms with E-state index in [-0.39, 0.29) is 12.0 Å². The first-order chi connectivity index (χ1) is 8.33. The van der Waals surface area contributed by atoms with E-state index in [4.69, 9.17) is 10.5 Å². The first-order valence-electron chi connectivity index (χ1n) is 5.90. The minimum atomic E-state index is -0.117. The van der Waals surface area contributed by atoms with Crippen molar-refractivity contribution in [1.82, 2.24) is 4.90 Å². The summed E-state index contributed by atoms with van der Waals surface area (Å²) in [7, 11) is 0. The molecule has 3 heteroatoms. The summed E-state index contributed by atoms with van der Waals surface area (Å²) in [6.07, 6.45) is 1.56. The summed E-state index contributed by atoms with van der Waals surface area (Å²) in [5, 5.41) is 18.1. The van der Waals surface area contributed by atoms with Crippen molar-refractivity contribution < 1.29 is 0 Å². The Morgan fingerprint density at radius 3 is 2.59 bits per heavy atom. The van der Waals surface area contributed by atoms with Crippen LogP contribution in [0.15, 0.2) is 30.3 Å². The highest BCUT2D eigenvalue weighted by atomic mass is 15.2. The number of nitrogens with zero attached hydrogens (tertiary/aromatic N) is 3. The number of likely N-dealkylation sites (tertiary alicyclic amines) is 1. The van der Waals surface area contributed by atoms with Crippen molar-refractivity contribution in [3.63, 3.8) is 0 Å². The van der Waals surface area contributed by atoms with Crippen LogP contribution >= 0.6 is 0 Å². The minimum absolute atomic E-state index is 0.0478. The van der Waals surface area contributed by atoms with Crippen LogP contribution in [-0.4, -0.2) is 17.5 Å². The van der Waals surface area contributed by atoms with E-state index in [9.17, 15) is 0 Å². The molecule has 1 heterocycles. The molecule has 0 radical (unpaired) electrons. The van der Waals surface area contributed by atoms with Gasteiger partial charge < -0.3 is 0 Å². The number of rotatable bonds is 2. The lowest BCUT2D eigenvalue weighted by atomic mass is 9.92. The fourth-order valence-corrected chi connectivity index (χ4v) is 2.27. The largest absolute Gasteiger partial charge is 0.284 e. The van der Waals surface area contributed by atoms with Crippen molar-refractivity contribution in [2.75, 3.05) is 6.54 Å². The number of benzene rings is 1. The molecule has 1 aliphatic rings. The SMILES string of the molecule is N#C[C@@H]1CCN(Cc2ccccc2)[C@@H](C#N)C1. The summed E-state index contributed by atoms with van der Waals surface area (Å²) < 4.78 is 0. The topological polar surface area (TPSA) is 50.8 Å². The fourth-order valence-electron chi connectivity index (χ4n) is 2.27. The van der Waals surface area contributed by atoms with E-state index >= 15 is 0 Å². The Hall–Kier alpha value is -1.84. The van der Waals surface area contributed by atoms with Crippen molar-refractivity contribution in [1.29, 1.82) is 10.5 Å². The first kappa shape index (κ1) is 11.6. The first-order valence-corrected chi connectivity index (χ1v) is 5.90. The Morgan fingerprint density at radius 2 is 1.94 bits per heavy atom. The Morgan fingerprint density at radius 1 is 1.18 bits per heavy atom. The molecule has 0 N–H and O–H groups in total. The molecule has 3 nitrogen and oxygen atoms in total. The maximum absolute atomic E-state index is 9.15. The lowest BCUT2D eigenvalue weighted by Gasteiger charge is -2.33. The summed E-state index contributed by atoms with van der Waals surface area (Å²) in [6, 6.07) is 14.6. The second-order valence-corrected chi connectivity index (χ2v) is 4.45. The van der Waals surface area contributed by atoms with Crippen LogP contribution in [0.3, 0.4) is 0 Å². The molecular formula is C14H15N3. The van der Waals surface area contributed by atoms with Crippen LogP contribution in [0.4, 0.5) is 0 Å². The van der Waals surface area contributed by atoms with Gasteiger partial charge in [-0.3, -0.25) is 4.90 Å². The second-order valence-electron chi connectivity index (χ2n) is 4.45. The molecule has 1 aliphatic heterocycles. The van der Waals surface area contributed by atoms with Gasteiger partial charge in [-0.1, -0.05) is 30.3 Å². The van der Waals surface area contributed by atoms with E-state index in [0.29, 0.717) is 6.42 Å². The molecule has 0 bridgehead atoms. The van der Waals surface area contributed by atoms with Gasteiger partial charge in [0.15, 0.2) is 0 Å². The molecular weight excluding hydrogens is 210 g/mol. The average Bonchev–Trinajstić information content (AvgIpc) is 2.40. The average molecular weight is 225 g/mol. The molecule has 1 aromatic rings. The molecule has 0 aromatic heterocycles. The second kappa shape index (κ2) is 5.48. The molecule has 86 valence electrons. The van der Waals surface area contributed by atoms with Crippen LogP contribution in [0.25, 0.3) is 0 Å². The number of hydrogen-bond donors (Lipinski definition) is 0. The van der Waals surface area contributed by atoms with Gasteiger partial charge in [0.2, 0.25) is 0 Å². The normalized spacial score (nSPS) is 24.8. The van der Waals surface area contributed by atoms with E-state index in [0.717, 1.165) is 19.5 Å². The molecule has 0 saturated carbocycles. The quantitative estimate of drug-likeness (QED) is 0.776. The predicted molar refractivity (Wildman–Crippen MR) is 64.6 cm³/mol. The van der Waals surface area contributed by atoms with Gasteiger partial charge in [0.05, 0.1) is 24.1 Å². The molecule has 1 aromatic carbocycles. The fraction of sp³-hybridized carbons (Fsp3) is 0.429. The summed E-state index contributed by atoms with van der Waals surface area (Å²) in [5.41, 5.74) is 1.23. The van der Waals surface area contributed by atoms with E-state index < -0.39 is 0 Å². The van der Waals surface area contributed by atoms with Gasteiger partial charge in [0.25, 0.3) is 0 Å². The van der Waals surface area contributed by atoms with Crippen LogP contribution in [0, 0.1) is 28.6 Å². The van der Waals surface area contributed by atoms with Crippen molar-refractivity contribution in [2.45, 2.75) is 25.4 Å². The van der Waals surface area contributed by atoms with Crippen LogP contribution in [0.2, 0.25) is 0 Å². The zero-order valence-electron chi connectivity index (χ0n) is 9.71. The van der Waals surface area contributed by atoms with Crippen molar-refractivity contribution in [2.24, 2.45) is 5.92 Å². The highest BCUT2D eigenvalue weighted by molar-refractivity contribution is 5.15. The summed E-state index contributed by atoms with van der Waals surface area (Å²) in [4.78, 5) is 2.17. The van der Waals surface area contributed by atoms with Gasteiger partial charge in [0.1, 0.15) is 0 Å². The Labute approximate surface area is 102 Å². The van der Waals surface area contributed by atoms with E-state index in [1.165, 1.54) is 5.56 Å². The molecule has 2 rings (SSSR count). The molecule has 1 saturated heterocycles. The summed E-state index contributed by atoms with van der Waals surface area (Å²) in [6.45, 7) is 1.64. The van der Waals surface area contributed by atoms with Crippen molar-refractivity contribution in [3.8, 4) is 12.1 Å². The van der Waals surface area contributed by atoms with Gasteiger partial charge >= 0.3 is 0 Å². The van der Waals surface area contributed by atoms with Crippen molar-refractivity contribution in [3.05, 3.63) is 35.9 Å². The zero-order valence-corrected chi connectivity index (χ0v) is 9.71. The number of hydrogen-bond acceptors (Lipinski definition) is 3. The third-order valence-corrected chi connectivity index (χ3v) is 3.27. The van der Waals surface area contributed by atoms with Gasteiger partial charge in [-0.25, -0.2) is 0 Å². The van der Waals surface area contributed by atoms with Crippen LogP contribution in [-0.2, 0) is 6.54 Å². The minimum Gasteiger partial charge on any atom is -0.284 e. The molecule has 0 aliphatic carbocycles. The van der Waals surface area contributed by atoms with Gasteiger partial charge in [-0.05, 0) is 18.4 Å². The Kier molecular flexibility index (Phi) is 3.75. The maximum atomic E-state index is 9.15. The molecule has 0 spiro atoms. The molecule has 0 unspecified atom stereocenters. The number of nitriles is 2. The standard InChI is InChI=1S/C14H15N3/c15-9-13-6-7-17(14(8-13)10-16)11-12-4-2-1-3-5-12/h1-5,13-14H,6-8,11H2/t13-,14-/m1/s1. The smallest absolute Gasteiger partial charge is 0.0993 e. The van der Waals surface area contributed by atoms with Crippen LogP contribution < -0.4 is 0 Å². The lowest BCUT2D eigenvalue weighted by Crippen LogP contribution is -2.40. The van der Waals surface area contributed by atoms with Crippen LogP contribution in [0.1, 0.15) is 18.4 Å². The van der Waals surface area contributed by atoms with Crippen molar-refractivity contribution >= 4 is 0 Å². The molecule has 17 heavy (non-hydrogen) atoms. The lowest BCUT2D eigenvalue weighted by molar-refractivity contribution is 0.155. The molecule has 2 atom stereocenters. The Bertz CT molecular complexity index is 441. The highest BCUT2D eigenvalue weighted by Gasteiger charge is 2.28. The summed E-state index contributed by atoms with van der Waals surface area (Å²) in [5.74, 6) is 0.0478.